The second kappa shape index (κ2) is 5.81. The minimum Gasteiger partial charge on any atom is -0.393 e. The molecule has 1 aromatic heterocycles. The van der Waals surface area contributed by atoms with E-state index in [2.05, 4.69) is 15.6 Å². The minimum absolute atomic E-state index is 0.123. The molecule has 1 aromatic carbocycles. The fourth-order valence-electron chi connectivity index (χ4n) is 2.93. The van der Waals surface area contributed by atoms with E-state index in [1.54, 1.807) is 16.8 Å². The summed E-state index contributed by atoms with van der Waals surface area (Å²) in [4.78, 5) is 12.2. The lowest BCUT2D eigenvalue weighted by molar-refractivity contribution is 0.0917. The zero-order chi connectivity index (χ0) is 14.8. The van der Waals surface area contributed by atoms with Crippen molar-refractivity contribution in [1.82, 2.24) is 20.3 Å². The average molecular weight is 288 g/mol. The molecule has 1 amide bonds. The van der Waals surface area contributed by atoms with Gasteiger partial charge < -0.3 is 10.4 Å². The largest absolute Gasteiger partial charge is 0.393 e. The predicted molar refractivity (Wildman–Crippen MR) is 78.9 cm³/mol. The number of nitrogens with one attached hydrogen (secondary N) is 1. The first-order valence-electron chi connectivity index (χ1n) is 7.48. The minimum atomic E-state index is -0.280. The number of carbonyl (C=O) groups excluding carboxylic acids is 1. The van der Waals surface area contributed by atoms with E-state index < -0.39 is 0 Å². The van der Waals surface area contributed by atoms with Gasteiger partial charge in [-0.05, 0) is 38.0 Å². The van der Waals surface area contributed by atoms with E-state index >= 15 is 0 Å². The van der Waals surface area contributed by atoms with Gasteiger partial charge in [0.1, 0.15) is 5.52 Å². The molecule has 6 nitrogen and oxygen atoms in total. The first-order valence-corrected chi connectivity index (χ1v) is 7.48. The van der Waals surface area contributed by atoms with Crippen LogP contribution in [0.4, 0.5) is 0 Å². The topological polar surface area (TPSA) is 80.0 Å². The number of nitrogens with zero attached hydrogens (tertiary/aromatic N) is 3. The van der Waals surface area contributed by atoms with E-state index in [1.165, 1.54) is 0 Å². The highest BCUT2D eigenvalue weighted by molar-refractivity contribution is 5.97. The third-order valence-corrected chi connectivity index (χ3v) is 4.22. The zero-order valence-corrected chi connectivity index (χ0v) is 12.1. The van der Waals surface area contributed by atoms with Crippen molar-refractivity contribution >= 4 is 16.9 Å². The van der Waals surface area contributed by atoms with Crippen molar-refractivity contribution in [2.75, 3.05) is 6.54 Å². The molecule has 0 bridgehead atoms. The van der Waals surface area contributed by atoms with Gasteiger partial charge in [-0.3, -0.25) is 4.79 Å². The number of aliphatic hydroxyl groups excluding tert-OH is 1. The third-order valence-electron chi connectivity index (χ3n) is 4.22. The van der Waals surface area contributed by atoms with Crippen molar-refractivity contribution in [3.8, 4) is 0 Å². The van der Waals surface area contributed by atoms with Crippen molar-refractivity contribution in [2.24, 2.45) is 5.92 Å². The molecule has 2 atom stereocenters. The average Bonchev–Trinajstić information content (AvgIpc) is 3.09. The first-order chi connectivity index (χ1) is 10.2. The molecule has 0 radical (unpaired) electrons. The van der Waals surface area contributed by atoms with Gasteiger partial charge in [0.15, 0.2) is 0 Å². The number of rotatable bonds is 4. The molecule has 0 aliphatic heterocycles. The summed E-state index contributed by atoms with van der Waals surface area (Å²) >= 11 is 0. The molecule has 2 unspecified atom stereocenters. The van der Waals surface area contributed by atoms with Gasteiger partial charge in [0.2, 0.25) is 0 Å². The summed E-state index contributed by atoms with van der Waals surface area (Å²) in [5, 5.41) is 20.8. The Morgan fingerprint density at radius 2 is 2.33 bits per heavy atom. The van der Waals surface area contributed by atoms with Gasteiger partial charge in [-0.25, -0.2) is 4.68 Å². The predicted octanol–water partition coefficient (Wildman–Crippen LogP) is 1.34. The van der Waals surface area contributed by atoms with Gasteiger partial charge in [-0.15, -0.1) is 5.10 Å². The number of aryl methyl sites for hydroxylation is 1. The number of aromatic nitrogens is 3. The van der Waals surface area contributed by atoms with E-state index in [-0.39, 0.29) is 17.9 Å². The van der Waals surface area contributed by atoms with E-state index in [9.17, 15) is 9.90 Å². The van der Waals surface area contributed by atoms with Crippen molar-refractivity contribution in [3.63, 3.8) is 0 Å². The molecule has 0 saturated heterocycles. The van der Waals surface area contributed by atoms with Crippen LogP contribution in [0, 0.1) is 5.92 Å². The molecule has 21 heavy (non-hydrogen) atoms. The van der Waals surface area contributed by atoms with Crippen LogP contribution >= 0.6 is 0 Å². The van der Waals surface area contributed by atoms with E-state index in [4.69, 9.17) is 0 Å². The maximum absolute atomic E-state index is 12.2. The lowest BCUT2D eigenvalue weighted by atomic mass is 10.1. The molecule has 3 rings (SSSR count). The van der Waals surface area contributed by atoms with Gasteiger partial charge in [0.25, 0.3) is 5.91 Å². The smallest absolute Gasteiger partial charge is 0.251 e. The highest BCUT2D eigenvalue weighted by atomic mass is 16.3. The van der Waals surface area contributed by atoms with Gasteiger partial charge >= 0.3 is 0 Å². The molecule has 6 heteroatoms. The third kappa shape index (κ3) is 2.76. The van der Waals surface area contributed by atoms with Crippen LogP contribution in [-0.2, 0) is 6.54 Å². The Balaban J connectivity index is 1.69. The Hall–Kier alpha value is -1.95. The number of amides is 1. The zero-order valence-electron chi connectivity index (χ0n) is 12.1. The van der Waals surface area contributed by atoms with Crippen molar-refractivity contribution in [1.29, 1.82) is 0 Å². The second-order valence-electron chi connectivity index (χ2n) is 5.58. The van der Waals surface area contributed by atoms with Crippen molar-refractivity contribution in [3.05, 3.63) is 23.8 Å². The van der Waals surface area contributed by atoms with Crippen LogP contribution in [0.15, 0.2) is 18.2 Å². The Labute approximate surface area is 123 Å². The molecule has 2 N–H and O–H groups in total. The molecule has 1 saturated carbocycles. The van der Waals surface area contributed by atoms with Crippen molar-refractivity contribution in [2.45, 2.75) is 38.8 Å². The molecular weight excluding hydrogens is 268 g/mol. The molecule has 1 fully saturated rings. The SMILES string of the molecule is CCn1nnc2cc(C(=O)NCC3CCCC3O)ccc21. The molecular formula is C15H20N4O2. The molecule has 1 aliphatic rings. The normalized spacial score (nSPS) is 21.8. The van der Waals surface area contributed by atoms with Crippen molar-refractivity contribution < 1.29 is 9.90 Å². The number of hydrogen-bond donors (Lipinski definition) is 2. The molecule has 1 aliphatic carbocycles. The van der Waals surface area contributed by atoms with Crippen LogP contribution in [0.25, 0.3) is 11.0 Å². The first kappa shape index (κ1) is 14.0. The van der Waals surface area contributed by atoms with E-state index in [0.29, 0.717) is 12.1 Å². The highest BCUT2D eigenvalue weighted by Crippen LogP contribution is 2.24. The van der Waals surface area contributed by atoms with Crippen LogP contribution < -0.4 is 5.32 Å². The highest BCUT2D eigenvalue weighted by Gasteiger charge is 2.25. The number of aliphatic hydroxyl groups is 1. The Kier molecular flexibility index (Phi) is 3.88. The Bertz CT molecular complexity index is 652. The summed E-state index contributed by atoms with van der Waals surface area (Å²) in [6.07, 6.45) is 2.57. The van der Waals surface area contributed by atoms with Crippen LogP contribution in [0.5, 0.6) is 0 Å². The number of fused-ring (bicyclic) bond motifs is 1. The lowest BCUT2D eigenvalue weighted by Gasteiger charge is -2.15. The summed E-state index contributed by atoms with van der Waals surface area (Å²) in [5.74, 6) is 0.0562. The Morgan fingerprint density at radius 1 is 1.48 bits per heavy atom. The van der Waals surface area contributed by atoms with Gasteiger partial charge in [-0.2, -0.15) is 0 Å². The Morgan fingerprint density at radius 3 is 3.05 bits per heavy atom. The number of benzene rings is 1. The maximum atomic E-state index is 12.2. The summed E-state index contributed by atoms with van der Waals surface area (Å²) in [6, 6.07) is 5.42. The summed E-state index contributed by atoms with van der Waals surface area (Å²) in [5.41, 5.74) is 2.24. The summed E-state index contributed by atoms with van der Waals surface area (Å²) < 4.78 is 1.80. The van der Waals surface area contributed by atoms with E-state index in [0.717, 1.165) is 36.8 Å². The van der Waals surface area contributed by atoms with Gasteiger partial charge in [-0.1, -0.05) is 11.6 Å². The molecule has 2 aromatic rings. The summed E-state index contributed by atoms with van der Waals surface area (Å²) in [7, 11) is 0. The van der Waals surface area contributed by atoms with Gasteiger partial charge in [0.05, 0.1) is 11.6 Å². The fraction of sp³-hybridized carbons (Fsp3) is 0.533. The number of carbonyl (C=O) groups is 1. The van der Waals surface area contributed by atoms with Crippen LogP contribution in [0.1, 0.15) is 36.5 Å². The molecule has 112 valence electrons. The summed E-state index contributed by atoms with van der Waals surface area (Å²) in [6.45, 7) is 3.28. The van der Waals surface area contributed by atoms with Crippen LogP contribution in [-0.4, -0.2) is 38.7 Å². The maximum Gasteiger partial charge on any atom is 0.251 e. The number of hydrogen-bond acceptors (Lipinski definition) is 4. The molecule has 1 heterocycles. The second-order valence-corrected chi connectivity index (χ2v) is 5.58. The quantitative estimate of drug-likeness (QED) is 0.889. The van der Waals surface area contributed by atoms with Gasteiger partial charge in [0, 0.05) is 24.6 Å². The van der Waals surface area contributed by atoms with Crippen LogP contribution in [0.2, 0.25) is 0 Å². The molecule has 0 spiro atoms. The lowest BCUT2D eigenvalue weighted by Crippen LogP contribution is -2.32. The van der Waals surface area contributed by atoms with Crippen LogP contribution in [0.3, 0.4) is 0 Å². The monoisotopic (exact) mass is 288 g/mol. The standard InChI is InChI=1S/C15H20N4O2/c1-2-19-13-7-6-10(8-12(13)17-18-19)15(21)16-9-11-4-3-5-14(11)20/h6-8,11,14,20H,2-5,9H2,1H3,(H,16,21). The van der Waals surface area contributed by atoms with E-state index in [1.807, 2.05) is 13.0 Å². The fourth-order valence-corrected chi connectivity index (χ4v) is 2.93.